The van der Waals surface area contributed by atoms with Crippen molar-refractivity contribution in [3.63, 3.8) is 0 Å². The summed E-state index contributed by atoms with van der Waals surface area (Å²) < 4.78 is 52.5. The molecule has 3 aromatic rings. The van der Waals surface area contributed by atoms with Crippen LogP contribution in [0.25, 0.3) is 5.82 Å². The van der Waals surface area contributed by atoms with Crippen LogP contribution in [0.4, 0.5) is 17.6 Å². The van der Waals surface area contributed by atoms with E-state index in [0.29, 0.717) is 29.9 Å². The molecule has 0 radical (unpaired) electrons. The van der Waals surface area contributed by atoms with E-state index in [1.165, 1.54) is 22.9 Å². The Morgan fingerprint density at radius 1 is 1.10 bits per heavy atom. The van der Waals surface area contributed by atoms with Crippen molar-refractivity contribution in [2.45, 2.75) is 32.9 Å². The quantitative estimate of drug-likeness (QED) is 0.615. The van der Waals surface area contributed by atoms with E-state index in [4.69, 9.17) is 0 Å². The largest absolute Gasteiger partial charge is 0.417 e. The first kappa shape index (κ1) is 21.5. The highest BCUT2D eigenvalue weighted by Crippen LogP contribution is 2.29. The minimum Gasteiger partial charge on any atom is -0.355 e. The van der Waals surface area contributed by atoms with Crippen molar-refractivity contribution in [2.24, 2.45) is 0 Å². The number of aromatic nitrogens is 3. The lowest BCUT2D eigenvalue weighted by molar-refractivity contribution is -0.137. The number of halogens is 4. The van der Waals surface area contributed by atoms with Crippen LogP contribution in [0.3, 0.4) is 0 Å². The van der Waals surface area contributed by atoms with Crippen molar-refractivity contribution in [1.29, 1.82) is 0 Å². The van der Waals surface area contributed by atoms with Crippen LogP contribution in [0, 0.1) is 19.7 Å². The van der Waals surface area contributed by atoms with Gasteiger partial charge in [0, 0.05) is 24.0 Å². The standard InChI is InChI=1S/C21H20F4N4O/c1-13-18(11-20(30)26-10-9-15-3-6-17(22)7-4-15)14(2)29(28-13)19-8-5-16(12-27-19)21(23,24)25/h3-8,12H,9-11H2,1-2H3,(H,26,30). The SMILES string of the molecule is Cc1nn(-c2ccc(C(F)(F)F)cn2)c(C)c1CC(=O)NCCc1ccc(F)cc1. The number of nitrogens with one attached hydrogen (secondary N) is 1. The Kier molecular flexibility index (Phi) is 6.19. The second-order valence-corrected chi connectivity index (χ2v) is 6.87. The van der Waals surface area contributed by atoms with E-state index in [0.717, 1.165) is 17.8 Å². The maximum atomic E-state index is 12.9. The topological polar surface area (TPSA) is 59.8 Å². The summed E-state index contributed by atoms with van der Waals surface area (Å²) in [7, 11) is 0. The summed E-state index contributed by atoms with van der Waals surface area (Å²) in [5.74, 6) is -0.275. The average Bonchev–Trinajstić information content (AvgIpc) is 2.97. The smallest absolute Gasteiger partial charge is 0.355 e. The number of aryl methyl sites for hydroxylation is 1. The molecule has 158 valence electrons. The van der Waals surface area contributed by atoms with Gasteiger partial charge in [-0.2, -0.15) is 18.3 Å². The normalized spacial score (nSPS) is 11.5. The Hall–Kier alpha value is -3.23. The van der Waals surface area contributed by atoms with E-state index in [-0.39, 0.29) is 24.0 Å². The summed E-state index contributed by atoms with van der Waals surface area (Å²) >= 11 is 0. The molecule has 5 nitrogen and oxygen atoms in total. The van der Waals surface area contributed by atoms with E-state index in [1.807, 2.05) is 0 Å². The Labute approximate surface area is 170 Å². The molecule has 0 saturated heterocycles. The number of carbonyl (C=O) groups excluding carboxylic acids is 1. The van der Waals surface area contributed by atoms with Gasteiger partial charge in [0.15, 0.2) is 5.82 Å². The number of benzene rings is 1. The van der Waals surface area contributed by atoms with Gasteiger partial charge in [0.25, 0.3) is 0 Å². The summed E-state index contributed by atoms with van der Waals surface area (Å²) in [5.41, 5.74) is 1.99. The molecule has 2 heterocycles. The van der Waals surface area contributed by atoms with Crippen LogP contribution < -0.4 is 5.32 Å². The monoisotopic (exact) mass is 420 g/mol. The number of hydrogen-bond donors (Lipinski definition) is 1. The average molecular weight is 420 g/mol. The highest BCUT2D eigenvalue weighted by Gasteiger charge is 2.30. The summed E-state index contributed by atoms with van der Waals surface area (Å²) in [6.45, 7) is 3.87. The molecule has 3 rings (SSSR count). The van der Waals surface area contributed by atoms with Crippen LogP contribution in [-0.4, -0.2) is 27.2 Å². The fourth-order valence-corrected chi connectivity index (χ4v) is 3.05. The third-order valence-electron chi connectivity index (χ3n) is 4.72. The number of hydrogen-bond acceptors (Lipinski definition) is 3. The molecule has 9 heteroatoms. The zero-order chi connectivity index (χ0) is 21.9. The molecule has 2 aromatic heterocycles. The first-order valence-electron chi connectivity index (χ1n) is 9.25. The number of nitrogens with zero attached hydrogens (tertiary/aromatic N) is 3. The molecule has 0 spiro atoms. The molecule has 1 N–H and O–H groups in total. The van der Waals surface area contributed by atoms with E-state index in [9.17, 15) is 22.4 Å². The molecule has 0 aliphatic heterocycles. The number of pyridine rings is 1. The first-order chi connectivity index (χ1) is 14.1. The van der Waals surface area contributed by atoms with E-state index in [1.54, 1.807) is 26.0 Å². The Bertz CT molecular complexity index is 1020. The molecule has 0 aliphatic carbocycles. The lowest BCUT2D eigenvalue weighted by atomic mass is 10.1. The fraction of sp³-hybridized carbons (Fsp3) is 0.286. The summed E-state index contributed by atoms with van der Waals surface area (Å²) in [6, 6.07) is 8.25. The van der Waals surface area contributed by atoms with Crippen LogP contribution in [0.2, 0.25) is 0 Å². The molecule has 30 heavy (non-hydrogen) atoms. The molecular weight excluding hydrogens is 400 g/mol. The van der Waals surface area contributed by atoms with Gasteiger partial charge in [-0.15, -0.1) is 0 Å². The zero-order valence-electron chi connectivity index (χ0n) is 16.4. The molecule has 1 aromatic carbocycles. The summed E-state index contributed by atoms with van der Waals surface area (Å²) in [4.78, 5) is 16.2. The van der Waals surface area contributed by atoms with Crippen LogP contribution >= 0.6 is 0 Å². The van der Waals surface area contributed by atoms with Crippen molar-refractivity contribution < 1.29 is 22.4 Å². The minimum atomic E-state index is -4.46. The van der Waals surface area contributed by atoms with Gasteiger partial charge in [0.05, 0.1) is 17.7 Å². The van der Waals surface area contributed by atoms with Crippen molar-refractivity contribution in [2.75, 3.05) is 6.54 Å². The van der Waals surface area contributed by atoms with E-state index >= 15 is 0 Å². The lowest BCUT2D eigenvalue weighted by Crippen LogP contribution is -2.27. The zero-order valence-corrected chi connectivity index (χ0v) is 16.4. The van der Waals surface area contributed by atoms with Crippen LogP contribution in [-0.2, 0) is 23.8 Å². The molecule has 1 amide bonds. The van der Waals surface area contributed by atoms with Crippen molar-refractivity contribution in [1.82, 2.24) is 20.1 Å². The highest BCUT2D eigenvalue weighted by atomic mass is 19.4. The molecular formula is C21H20F4N4O. The molecule has 0 saturated carbocycles. The van der Waals surface area contributed by atoms with Gasteiger partial charge in [0.1, 0.15) is 5.82 Å². The lowest BCUT2D eigenvalue weighted by Gasteiger charge is -2.08. The van der Waals surface area contributed by atoms with Crippen molar-refractivity contribution >= 4 is 5.91 Å². The minimum absolute atomic E-state index is 0.0850. The molecule has 0 atom stereocenters. The van der Waals surface area contributed by atoms with Gasteiger partial charge < -0.3 is 5.32 Å². The maximum absolute atomic E-state index is 12.9. The number of alkyl halides is 3. The molecule has 0 fully saturated rings. The van der Waals surface area contributed by atoms with Gasteiger partial charge in [-0.25, -0.2) is 14.1 Å². The van der Waals surface area contributed by atoms with Crippen LogP contribution in [0.1, 0.15) is 28.1 Å². The third kappa shape index (κ3) is 5.03. The first-order valence-corrected chi connectivity index (χ1v) is 9.25. The van der Waals surface area contributed by atoms with Crippen LogP contribution in [0.5, 0.6) is 0 Å². The molecule has 0 unspecified atom stereocenters. The third-order valence-corrected chi connectivity index (χ3v) is 4.72. The van der Waals surface area contributed by atoms with Gasteiger partial charge in [-0.05, 0) is 50.1 Å². The second-order valence-electron chi connectivity index (χ2n) is 6.87. The molecule has 0 aliphatic rings. The van der Waals surface area contributed by atoms with Crippen molar-refractivity contribution in [3.8, 4) is 5.82 Å². The predicted molar refractivity (Wildman–Crippen MR) is 103 cm³/mol. The molecule has 0 bridgehead atoms. The van der Waals surface area contributed by atoms with E-state index < -0.39 is 11.7 Å². The summed E-state index contributed by atoms with van der Waals surface area (Å²) in [5, 5.41) is 7.13. The number of rotatable bonds is 6. The van der Waals surface area contributed by atoms with Gasteiger partial charge >= 0.3 is 6.18 Å². The fourth-order valence-electron chi connectivity index (χ4n) is 3.05. The highest BCUT2D eigenvalue weighted by molar-refractivity contribution is 5.79. The Morgan fingerprint density at radius 2 is 1.80 bits per heavy atom. The number of carbonyl (C=O) groups is 1. The van der Waals surface area contributed by atoms with Gasteiger partial charge in [0.2, 0.25) is 5.91 Å². The maximum Gasteiger partial charge on any atom is 0.417 e. The predicted octanol–water partition coefficient (Wildman–Crippen LogP) is 3.94. The summed E-state index contributed by atoms with van der Waals surface area (Å²) in [6.07, 6.45) is -3.05. The van der Waals surface area contributed by atoms with Gasteiger partial charge in [-0.1, -0.05) is 12.1 Å². The van der Waals surface area contributed by atoms with Crippen LogP contribution in [0.15, 0.2) is 42.6 Å². The van der Waals surface area contributed by atoms with Crippen molar-refractivity contribution in [3.05, 3.63) is 76.5 Å². The van der Waals surface area contributed by atoms with E-state index in [2.05, 4.69) is 15.4 Å². The van der Waals surface area contributed by atoms with Gasteiger partial charge in [-0.3, -0.25) is 4.79 Å². The second kappa shape index (κ2) is 8.64. The number of amides is 1. The Morgan fingerprint density at radius 3 is 2.40 bits per heavy atom. The Balaban J connectivity index is 1.65.